The van der Waals surface area contributed by atoms with Crippen molar-refractivity contribution < 1.29 is 57.7 Å². The van der Waals surface area contributed by atoms with E-state index in [1.54, 1.807) is 24.5 Å². The molecule has 176 valence electrons. The van der Waals surface area contributed by atoms with Gasteiger partial charge in [0.05, 0.1) is 26.4 Å². The van der Waals surface area contributed by atoms with Crippen LogP contribution < -0.4 is 35.0 Å². The molecule has 1 aliphatic rings. The Kier molecular flexibility index (Phi) is 10.5. The van der Waals surface area contributed by atoms with Crippen molar-refractivity contribution in [3.63, 3.8) is 0 Å². The predicted molar refractivity (Wildman–Crippen MR) is 116 cm³/mol. The van der Waals surface area contributed by atoms with Crippen LogP contribution in [-0.4, -0.2) is 67.5 Å². The monoisotopic (exact) mass is 481 g/mol. The number of nitrogens with zero attached hydrogens (tertiary/aromatic N) is 3. The Hall–Kier alpha value is -2.42. The van der Waals surface area contributed by atoms with Crippen molar-refractivity contribution >= 4 is 22.8 Å². The molecule has 0 amide bonds. The van der Waals surface area contributed by atoms with E-state index in [0.717, 1.165) is 19.2 Å². The maximum atomic E-state index is 15.0. The molecule has 1 aromatic carbocycles. The number of carbonyl (C=O) groups excluding carboxylic acids is 2. The number of nitriles is 1. The van der Waals surface area contributed by atoms with E-state index in [1.807, 2.05) is 0 Å². The first kappa shape index (κ1) is 27.8. The maximum Gasteiger partial charge on any atom is 1.00 e. The number of halogens is 1. The molecule has 2 heterocycles. The Morgan fingerprint density at radius 2 is 1.85 bits per heavy atom. The molecular weight excluding hydrogens is 456 g/mol. The Morgan fingerprint density at radius 3 is 2.47 bits per heavy atom. The predicted octanol–water partition coefficient (Wildman–Crippen LogP) is -1.34. The summed E-state index contributed by atoms with van der Waals surface area (Å²) in [6, 6.07) is 3.91. The zero-order valence-electron chi connectivity index (χ0n) is 19.6. The van der Waals surface area contributed by atoms with E-state index in [0.29, 0.717) is 26.3 Å². The standard InChI is InChI=1S/C23H25FN3O6.Na/c1-3-32-22(29)17(13-25)15-12-20-16(11-19(15)24)21(28)18(23(30)33-4-2)14-27(20)6-5-26-7-9-31-10-8-26;/h11-12,14H,3-10H2,1-2H3;/q-1;+1. The fourth-order valence-corrected chi connectivity index (χ4v) is 3.63. The SMILES string of the molecule is CCOC(=O)c1cn(CCN2CCOCC2)c2cc([C-](C#N)C(=O)OCC)c(F)cc2c1=O.[Na+]. The molecule has 1 saturated heterocycles. The number of fused-ring (bicyclic) bond motifs is 1. The van der Waals surface area contributed by atoms with Crippen LogP contribution in [0.1, 0.15) is 29.8 Å². The summed E-state index contributed by atoms with van der Waals surface area (Å²) in [4.78, 5) is 39.7. The van der Waals surface area contributed by atoms with Gasteiger partial charge in [-0.2, -0.15) is 0 Å². The molecule has 1 aromatic heterocycles. The summed E-state index contributed by atoms with van der Waals surface area (Å²) < 4.78 is 31.8. The Labute approximate surface area is 218 Å². The number of ether oxygens (including phenoxy) is 3. The molecule has 0 aliphatic carbocycles. The molecule has 3 rings (SSSR count). The van der Waals surface area contributed by atoms with Gasteiger partial charge in [-0.25, -0.2) is 10.1 Å². The number of esters is 2. The van der Waals surface area contributed by atoms with Crippen molar-refractivity contribution in [2.75, 3.05) is 46.1 Å². The molecule has 34 heavy (non-hydrogen) atoms. The van der Waals surface area contributed by atoms with Crippen molar-refractivity contribution in [3.05, 3.63) is 51.4 Å². The van der Waals surface area contributed by atoms with E-state index in [1.165, 1.54) is 12.3 Å². The van der Waals surface area contributed by atoms with Crippen molar-refractivity contribution in [3.8, 4) is 6.07 Å². The fourth-order valence-electron chi connectivity index (χ4n) is 3.63. The van der Waals surface area contributed by atoms with Gasteiger partial charge in [0.1, 0.15) is 5.56 Å². The fraction of sp³-hybridized carbons (Fsp3) is 0.435. The third-order valence-corrected chi connectivity index (χ3v) is 5.29. The van der Waals surface area contributed by atoms with Crippen LogP contribution >= 0.6 is 0 Å². The molecule has 0 unspecified atom stereocenters. The van der Waals surface area contributed by atoms with Crippen LogP contribution in [0.5, 0.6) is 0 Å². The third-order valence-electron chi connectivity index (χ3n) is 5.29. The summed E-state index contributed by atoms with van der Waals surface area (Å²) in [7, 11) is 0. The van der Waals surface area contributed by atoms with Gasteiger partial charge in [0.15, 0.2) is 0 Å². The first-order valence-electron chi connectivity index (χ1n) is 10.7. The molecule has 9 nitrogen and oxygen atoms in total. The first-order chi connectivity index (χ1) is 15.9. The second-order valence-corrected chi connectivity index (χ2v) is 7.30. The molecule has 0 atom stereocenters. The largest absolute Gasteiger partial charge is 1.00 e. The quantitative estimate of drug-likeness (QED) is 0.259. The summed E-state index contributed by atoms with van der Waals surface area (Å²) in [6.07, 6.45) is 1.38. The van der Waals surface area contributed by atoms with Gasteiger partial charge >= 0.3 is 35.5 Å². The van der Waals surface area contributed by atoms with E-state index >= 15 is 0 Å². The number of morpholine rings is 1. The summed E-state index contributed by atoms with van der Waals surface area (Å²) >= 11 is 0. The minimum Gasteiger partial charge on any atom is -0.471 e. The molecule has 0 radical (unpaired) electrons. The molecule has 2 aromatic rings. The molecule has 0 saturated carbocycles. The zero-order chi connectivity index (χ0) is 24.0. The Morgan fingerprint density at radius 1 is 1.18 bits per heavy atom. The number of pyridine rings is 1. The van der Waals surface area contributed by atoms with E-state index in [-0.39, 0.29) is 64.8 Å². The van der Waals surface area contributed by atoms with Crippen LogP contribution in [-0.2, 0) is 25.5 Å². The molecular formula is C23H25FN3NaO6. The van der Waals surface area contributed by atoms with Crippen LogP contribution in [0.4, 0.5) is 4.39 Å². The summed E-state index contributed by atoms with van der Waals surface area (Å²) in [6.45, 7) is 6.93. The minimum absolute atomic E-state index is 0. The smallest absolute Gasteiger partial charge is 0.471 e. The van der Waals surface area contributed by atoms with E-state index in [4.69, 9.17) is 14.2 Å². The second-order valence-electron chi connectivity index (χ2n) is 7.30. The second kappa shape index (κ2) is 12.9. The number of aromatic nitrogens is 1. The van der Waals surface area contributed by atoms with Gasteiger partial charge in [-0.05, 0) is 19.4 Å². The summed E-state index contributed by atoms with van der Waals surface area (Å²) in [5, 5.41) is 9.39. The van der Waals surface area contributed by atoms with Gasteiger partial charge in [0.2, 0.25) is 5.43 Å². The van der Waals surface area contributed by atoms with E-state index in [2.05, 4.69) is 4.90 Å². The number of benzene rings is 1. The molecule has 11 heteroatoms. The minimum atomic E-state index is -0.955. The van der Waals surface area contributed by atoms with Crippen molar-refractivity contribution in [1.29, 1.82) is 5.26 Å². The van der Waals surface area contributed by atoms with Crippen molar-refractivity contribution in [1.82, 2.24) is 9.47 Å². The summed E-state index contributed by atoms with van der Waals surface area (Å²) in [5.41, 5.74) is -0.888. The number of carbonyl (C=O) groups is 2. The van der Waals surface area contributed by atoms with Gasteiger partial charge in [-0.3, -0.25) is 18.9 Å². The number of rotatable bonds is 8. The molecule has 1 aliphatic heterocycles. The van der Waals surface area contributed by atoms with E-state index < -0.39 is 29.1 Å². The molecule has 1 fully saturated rings. The molecule has 0 spiro atoms. The molecule has 0 bridgehead atoms. The van der Waals surface area contributed by atoms with Crippen LogP contribution in [0, 0.1) is 23.1 Å². The van der Waals surface area contributed by atoms with Crippen molar-refractivity contribution in [2.24, 2.45) is 0 Å². The van der Waals surface area contributed by atoms with Crippen LogP contribution in [0.3, 0.4) is 0 Å². The van der Waals surface area contributed by atoms with Gasteiger partial charge in [0.25, 0.3) is 5.97 Å². The van der Waals surface area contributed by atoms with Crippen LogP contribution in [0.2, 0.25) is 0 Å². The normalized spacial score (nSPS) is 13.6. The van der Waals surface area contributed by atoms with Gasteiger partial charge in [-0.15, -0.1) is 11.6 Å². The average Bonchev–Trinajstić information content (AvgIpc) is 2.81. The molecule has 0 N–H and O–H groups in total. The van der Waals surface area contributed by atoms with Crippen LogP contribution in [0.15, 0.2) is 23.1 Å². The zero-order valence-corrected chi connectivity index (χ0v) is 21.6. The summed E-state index contributed by atoms with van der Waals surface area (Å²) in [5.74, 6) is -3.20. The average molecular weight is 481 g/mol. The van der Waals surface area contributed by atoms with Gasteiger partial charge in [-0.1, -0.05) is 6.07 Å². The van der Waals surface area contributed by atoms with Gasteiger partial charge < -0.3 is 18.8 Å². The third kappa shape index (κ3) is 6.17. The van der Waals surface area contributed by atoms with Crippen LogP contribution in [0.25, 0.3) is 10.9 Å². The maximum absolute atomic E-state index is 15.0. The van der Waals surface area contributed by atoms with Gasteiger partial charge in [0, 0.05) is 55.6 Å². The van der Waals surface area contributed by atoms with Crippen molar-refractivity contribution in [2.45, 2.75) is 20.4 Å². The first-order valence-corrected chi connectivity index (χ1v) is 10.7. The Balaban J connectivity index is 0.00000408. The van der Waals surface area contributed by atoms with E-state index in [9.17, 15) is 24.0 Å². The topological polar surface area (TPSA) is 111 Å². The number of hydrogen-bond donors (Lipinski definition) is 0. The Bertz CT molecular complexity index is 1140. The number of hydrogen-bond acceptors (Lipinski definition) is 8.